The highest BCUT2D eigenvalue weighted by Gasteiger charge is 2.16. The third kappa shape index (κ3) is 2.36. The highest BCUT2D eigenvalue weighted by Crippen LogP contribution is 2.27. The summed E-state index contributed by atoms with van der Waals surface area (Å²) in [5.41, 5.74) is 2.08. The summed E-state index contributed by atoms with van der Waals surface area (Å²) >= 11 is 5.91. The number of hydrogen-bond acceptors (Lipinski definition) is 2. The van der Waals surface area contributed by atoms with Gasteiger partial charge in [0.25, 0.3) is 0 Å². The number of rotatable bonds is 2. The van der Waals surface area contributed by atoms with Crippen molar-refractivity contribution in [1.82, 2.24) is 9.97 Å². The van der Waals surface area contributed by atoms with Gasteiger partial charge in [-0.15, -0.1) is 0 Å². The number of aromatic amines is 1. The van der Waals surface area contributed by atoms with E-state index < -0.39 is 11.8 Å². The van der Waals surface area contributed by atoms with E-state index in [-0.39, 0.29) is 11.1 Å². The number of aryl methyl sites for hydroxylation is 1. The summed E-state index contributed by atoms with van der Waals surface area (Å²) in [6, 6.07) is 7.47. The quantitative estimate of drug-likeness (QED) is 0.751. The highest BCUT2D eigenvalue weighted by atomic mass is 35.5. The zero-order valence-corrected chi connectivity index (χ0v) is 11.7. The van der Waals surface area contributed by atoms with E-state index in [0.717, 1.165) is 17.2 Å². The number of H-pyrrole nitrogens is 1. The number of halogens is 2. The number of benzene rings is 2. The number of hydrogen-bond donors (Lipinski definition) is 2. The highest BCUT2D eigenvalue weighted by molar-refractivity contribution is 6.30. The van der Waals surface area contributed by atoms with Crippen LogP contribution in [0.15, 0.2) is 30.3 Å². The Kier molecular flexibility index (Phi) is 3.14. The van der Waals surface area contributed by atoms with Gasteiger partial charge in [0.05, 0.1) is 11.1 Å². The SMILES string of the molecule is Cc1cc(Cl)ccc1-c1nc2c(C(=O)O)cc(F)cc2[nH]1. The van der Waals surface area contributed by atoms with Crippen molar-refractivity contribution in [3.63, 3.8) is 0 Å². The zero-order chi connectivity index (χ0) is 15.1. The molecular weight excluding hydrogens is 295 g/mol. The second-order valence-corrected chi connectivity index (χ2v) is 5.14. The third-order valence-corrected chi connectivity index (χ3v) is 3.46. The number of fused-ring (bicyclic) bond motifs is 1. The second-order valence-electron chi connectivity index (χ2n) is 4.70. The molecule has 0 saturated heterocycles. The summed E-state index contributed by atoms with van der Waals surface area (Å²) in [7, 11) is 0. The molecule has 0 atom stereocenters. The molecule has 0 aliphatic rings. The molecule has 0 radical (unpaired) electrons. The van der Waals surface area contributed by atoms with Crippen molar-refractivity contribution in [2.45, 2.75) is 6.92 Å². The molecule has 0 unspecified atom stereocenters. The van der Waals surface area contributed by atoms with Gasteiger partial charge in [-0.05, 0) is 42.8 Å². The summed E-state index contributed by atoms with van der Waals surface area (Å²) in [6.07, 6.45) is 0. The molecule has 3 rings (SSSR count). The van der Waals surface area contributed by atoms with Crippen LogP contribution >= 0.6 is 11.6 Å². The summed E-state index contributed by atoms with van der Waals surface area (Å²) < 4.78 is 13.5. The van der Waals surface area contributed by atoms with Crippen LogP contribution < -0.4 is 0 Å². The molecule has 2 N–H and O–H groups in total. The smallest absolute Gasteiger partial charge is 0.338 e. The fourth-order valence-corrected chi connectivity index (χ4v) is 2.49. The summed E-state index contributed by atoms with van der Waals surface area (Å²) in [5.74, 6) is -1.36. The first-order valence-electron chi connectivity index (χ1n) is 6.15. The lowest BCUT2D eigenvalue weighted by molar-refractivity contribution is 0.0698. The first-order chi connectivity index (χ1) is 9.95. The molecule has 21 heavy (non-hydrogen) atoms. The van der Waals surface area contributed by atoms with E-state index >= 15 is 0 Å². The van der Waals surface area contributed by atoms with Crippen LogP contribution in [-0.4, -0.2) is 21.0 Å². The minimum atomic E-state index is -1.22. The molecule has 4 nitrogen and oxygen atoms in total. The first kappa shape index (κ1) is 13.6. The van der Waals surface area contributed by atoms with E-state index in [4.69, 9.17) is 16.7 Å². The lowest BCUT2D eigenvalue weighted by atomic mass is 10.1. The zero-order valence-electron chi connectivity index (χ0n) is 10.9. The molecule has 6 heteroatoms. The largest absolute Gasteiger partial charge is 0.478 e. The lowest BCUT2D eigenvalue weighted by Crippen LogP contribution is -1.98. The van der Waals surface area contributed by atoms with Crippen molar-refractivity contribution >= 4 is 28.6 Å². The van der Waals surface area contributed by atoms with Gasteiger partial charge in [0.1, 0.15) is 17.2 Å². The summed E-state index contributed by atoms with van der Waals surface area (Å²) in [6.45, 7) is 1.87. The van der Waals surface area contributed by atoms with Crippen molar-refractivity contribution in [3.05, 3.63) is 52.3 Å². The van der Waals surface area contributed by atoms with E-state index in [2.05, 4.69) is 9.97 Å². The molecule has 3 aromatic rings. The average molecular weight is 305 g/mol. The first-order valence-corrected chi connectivity index (χ1v) is 6.52. The van der Waals surface area contributed by atoms with Crippen LogP contribution in [-0.2, 0) is 0 Å². The van der Waals surface area contributed by atoms with Gasteiger partial charge >= 0.3 is 5.97 Å². The molecule has 0 aliphatic heterocycles. The van der Waals surface area contributed by atoms with E-state index in [1.54, 1.807) is 18.2 Å². The van der Waals surface area contributed by atoms with Crippen LogP contribution in [0.4, 0.5) is 4.39 Å². The van der Waals surface area contributed by atoms with Crippen LogP contribution in [0.25, 0.3) is 22.4 Å². The van der Waals surface area contributed by atoms with Gasteiger partial charge in [0, 0.05) is 10.6 Å². The summed E-state index contributed by atoms with van der Waals surface area (Å²) in [4.78, 5) is 18.4. The van der Waals surface area contributed by atoms with E-state index in [1.807, 2.05) is 6.92 Å². The minimum Gasteiger partial charge on any atom is -0.478 e. The molecule has 0 saturated carbocycles. The molecule has 0 bridgehead atoms. The van der Waals surface area contributed by atoms with E-state index in [1.165, 1.54) is 6.07 Å². The second kappa shape index (κ2) is 4.86. The molecule has 1 heterocycles. The Morgan fingerprint density at radius 2 is 2.10 bits per heavy atom. The van der Waals surface area contributed by atoms with Crippen LogP contribution in [0.3, 0.4) is 0 Å². The van der Waals surface area contributed by atoms with Crippen molar-refractivity contribution < 1.29 is 14.3 Å². The number of carboxylic acid groups (broad SMARTS) is 1. The molecule has 106 valence electrons. The van der Waals surface area contributed by atoms with Crippen LogP contribution in [0, 0.1) is 12.7 Å². The van der Waals surface area contributed by atoms with Crippen molar-refractivity contribution in [2.24, 2.45) is 0 Å². The van der Waals surface area contributed by atoms with Crippen LogP contribution in [0.1, 0.15) is 15.9 Å². The van der Waals surface area contributed by atoms with Gasteiger partial charge in [0.15, 0.2) is 0 Å². The maximum atomic E-state index is 13.5. The van der Waals surface area contributed by atoms with Gasteiger partial charge in [-0.3, -0.25) is 0 Å². The fraction of sp³-hybridized carbons (Fsp3) is 0.0667. The van der Waals surface area contributed by atoms with Crippen molar-refractivity contribution in [1.29, 1.82) is 0 Å². The Bertz CT molecular complexity index is 873. The average Bonchev–Trinajstić information content (AvgIpc) is 2.80. The Balaban J connectivity index is 2.26. The topological polar surface area (TPSA) is 66.0 Å². The monoisotopic (exact) mass is 304 g/mol. The standard InChI is InChI=1S/C15H10ClFN2O2/c1-7-4-8(16)2-3-10(7)14-18-12-6-9(17)5-11(15(20)21)13(12)19-14/h2-6H,1H3,(H,18,19)(H,20,21). The van der Waals surface area contributed by atoms with Gasteiger partial charge < -0.3 is 10.1 Å². The molecule has 0 fully saturated rings. The third-order valence-electron chi connectivity index (χ3n) is 3.23. The maximum absolute atomic E-state index is 13.5. The van der Waals surface area contributed by atoms with E-state index in [9.17, 15) is 9.18 Å². The number of aromatic carboxylic acids is 1. The number of imidazole rings is 1. The molecule has 2 aromatic carbocycles. The normalized spacial score (nSPS) is 11.0. The van der Waals surface area contributed by atoms with Gasteiger partial charge in [-0.2, -0.15) is 0 Å². The van der Waals surface area contributed by atoms with Gasteiger partial charge in [-0.1, -0.05) is 11.6 Å². The Hall–Kier alpha value is -2.40. The molecular formula is C15H10ClFN2O2. The molecule has 0 spiro atoms. The molecule has 1 aromatic heterocycles. The van der Waals surface area contributed by atoms with Crippen LogP contribution in [0.2, 0.25) is 5.02 Å². The van der Waals surface area contributed by atoms with Gasteiger partial charge in [0.2, 0.25) is 0 Å². The number of nitrogens with zero attached hydrogens (tertiary/aromatic N) is 1. The predicted molar refractivity (Wildman–Crippen MR) is 78.2 cm³/mol. The minimum absolute atomic E-state index is 0.167. The van der Waals surface area contributed by atoms with Crippen molar-refractivity contribution in [3.8, 4) is 11.4 Å². The Morgan fingerprint density at radius 3 is 2.76 bits per heavy atom. The van der Waals surface area contributed by atoms with E-state index in [0.29, 0.717) is 16.4 Å². The number of carbonyl (C=O) groups is 1. The summed E-state index contributed by atoms with van der Waals surface area (Å²) in [5, 5.41) is 9.74. The Morgan fingerprint density at radius 1 is 1.33 bits per heavy atom. The predicted octanol–water partition coefficient (Wildman–Crippen LogP) is 4.03. The number of carboxylic acids is 1. The van der Waals surface area contributed by atoms with Crippen LogP contribution in [0.5, 0.6) is 0 Å². The maximum Gasteiger partial charge on any atom is 0.338 e. The fourth-order valence-electron chi connectivity index (χ4n) is 2.27. The van der Waals surface area contributed by atoms with Gasteiger partial charge in [-0.25, -0.2) is 14.2 Å². The number of nitrogens with one attached hydrogen (secondary N) is 1. The number of aromatic nitrogens is 2. The molecule has 0 amide bonds. The Labute approximate surface area is 124 Å². The molecule has 0 aliphatic carbocycles. The van der Waals surface area contributed by atoms with Crippen molar-refractivity contribution in [2.75, 3.05) is 0 Å². The lowest BCUT2D eigenvalue weighted by Gasteiger charge is -2.02.